The Hall–Kier alpha value is -0.850. The molecule has 8 atom stereocenters. The highest BCUT2D eigenvalue weighted by Gasteiger charge is 2.44. The van der Waals surface area contributed by atoms with E-state index in [9.17, 15) is 30.3 Å². The molecule has 1 aliphatic rings. The van der Waals surface area contributed by atoms with Crippen LogP contribution in [0.3, 0.4) is 0 Å². The summed E-state index contributed by atoms with van der Waals surface area (Å²) in [7, 11) is 0. The first kappa shape index (κ1) is 57.2. The zero-order valence-corrected chi connectivity index (χ0v) is 39.2. The fourth-order valence-corrected chi connectivity index (χ4v) is 8.66. The van der Waals surface area contributed by atoms with Gasteiger partial charge in [-0.15, -0.1) is 0 Å². The number of nitrogens with two attached hydrogens (primary N) is 1. The van der Waals surface area contributed by atoms with Gasteiger partial charge in [0, 0.05) is 13.0 Å². The molecule has 0 saturated carbocycles. The van der Waals surface area contributed by atoms with Crippen molar-refractivity contribution in [1.29, 1.82) is 0 Å². The van der Waals surface area contributed by atoms with Crippen molar-refractivity contribution >= 4 is 5.91 Å². The number of aliphatic hydroxyl groups is 5. The lowest BCUT2D eigenvalue weighted by atomic mass is 9.98. The maximum absolute atomic E-state index is 13.0. The molecule has 60 heavy (non-hydrogen) atoms. The highest BCUT2D eigenvalue weighted by atomic mass is 16.7. The van der Waals surface area contributed by atoms with Crippen molar-refractivity contribution in [3.8, 4) is 0 Å². The molecule has 0 unspecified atom stereocenters. The average molecular weight is 857 g/mol. The van der Waals surface area contributed by atoms with Crippen LogP contribution in [0.2, 0.25) is 0 Å². The summed E-state index contributed by atoms with van der Waals surface area (Å²) < 4.78 is 11.4. The molecule has 0 spiro atoms. The summed E-state index contributed by atoms with van der Waals surface area (Å²) in [5.41, 5.74) is 5.68. The van der Waals surface area contributed by atoms with Crippen molar-refractivity contribution < 1.29 is 39.8 Å². The van der Waals surface area contributed by atoms with Crippen LogP contribution in [0.4, 0.5) is 0 Å². The Morgan fingerprint density at radius 2 is 0.883 bits per heavy atom. The summed E-state index contributed by atoms with van der Waals surface area (Å²) >= 11 is 0. The van der Waals surface area contributed by atoms with Gasteiger partial charge in [-0.1, -0.05) is 232 Å². The quantitative estimate of drug-likeness (QED) is 0.0294. The number of aliphatic hydroxyl groups excluding tert-OH is 5. The van der Waals surface area contributed by atoms with Gasteiger partial charge in [-0.25, -0.2) is 0 Å². The molecule has 1 saturated heterocycles. The van der Waals surface area contributed by atoms with E-state index in [0.29, 0.717) is 12.8 Å². The van der Waals surface area contributed by atoms with Crippen molar-refractivity contribution in [2.45, 2.75) is 300 Å². The summed E-state index contributed by atoms with van der Waals surface area (Å²) in [5, 5.41) is 55.9. The van der Waals surface area contributed by atoms with Gasteiger partial charge in [0.1, 0.15) is 30.5 Å². The molecule has 358 valence electrons. The van der Waals surface area contributed by atoms with Crippen molar-refractivity contribution in [3.05, 3.63) is 0 Å². The normalized spacial score (nSPS) is 21.0. The second-order valence-electron chi connectivity index (χ2n) is 18.5. The van der Waals surface area contributed by atoms with Crippen molar-refractivity contribution in [2.24, 2.45) is 5.73 Å². The molecule has 1 heterocycles. The van der Waals surface area contributed by atoms with E-state index in [1.54, 1.807) is 0 Å². The number of hydrogen-bond acceptors (Lipinski definition) is 9. The molecule has 0 bridgehead atoms. The Bertz CT molecular complexity index is 929. The van der Waals surface area contributed by atoms with E-state index in [4.69, 9.17) is 15.2 Å². The van der Waals surface area contributed by atoms with Gasteiger partial charge in [0.2, 0.25) is 5.91 Å². The van der Waals surface area contributed by atoms with Gasteiger partial charge in [0.15, 0.2) is 6.29 Å². The third-order valence-corrected chi connectivity index (χ3v) is 12.9. The second kappa shape index (κ2) is 40.9. The van der Waals surface area contributed by atoms with Gasteiger partial charge >= 0.3 is 0 Å². The maximum Gasteiger partial charge on any atom is 0.220 e. The number of carbonyl (C=O) groups excluding carboxylic acids is 1. The summed E-state index contributed by atoms with van der Waals surface area (Å²) in [6.07, 6.45) is 36.3. The van der Waals surface area contributed by atoms with Crippen LogP contribution in [-0.2, 0) is 14.3 Å². The maximum atomic E-state index is 13.0. The van der Waals surface area contributed by atoms with E-state index in [2.05, 4.69) is 19.2 Å². The topological polar surface area (TPSA) is 175 Å². The summed E-state index contributed by atoms with van der Waals surface area (Å²) in [4.78, 5) is 13.0. The zero-order valence-electron chi connectivity index (χ0n) is 39.2. The van der Waals surface area contributed by atoms with Gasteiger partial charge in [-0.2, -0.15) is 0 Å². The molecule has 1 aliphatic heterocycles. The molecular formula is C50H100N2O8. The van der Waals surface area contributed by atoms with Crippen LogP contribution in [0.25, 0.3) is 0 Å². The molecule has 1 fully saturated rings. The fourth-order valence-electron chi connectivity index (χ4n) is 8.66. The Kier molecular flexibility index (Phi) is 39.0. The highest BCUT2D eigenvalue weighted by Crippen LogP contribution is 2.23. The summed E-state index contributed by atoms with van der Waals surface area (Å²) in [6.45, 7) is 4.17. The zero-order chi connectivity index (χ0) is 43.9. The molecule has 0 radical (unpaired) electrons. The standard InChI is InChI=1S/C50H100N2O8/c1-3-5-7-9-11-13-15-17-18-19-20-21-22-23-24-25-26-27-29-31-33-35-37-39-45(54)52-42(41-59-50-49(58)48(57)47(56)44(40-51)60-50)46(55)43(53)38-36-34-32-30-28-16-14-12-10-8-6-4-2/h42-44,46-50,53,55-58H,3-41,51H2,1-2H3,(H,52,54)/t42-,43+,44+,46-,47-,48-,49+,50-/m0/s1. The predicted molar refractivity (Wildman–Crippen MR) is 248 cm³/mol. The van der Waals surface area contributed by atoms with Gasteiger partial charge in [-0.3, -0.25) is 4.79 Å². The molecule has 0 aliphatic carbocycles. The molecular weight excluding hydrogens is 757 g/mol. The molecule has 1 amide bonds. The minimum Gasteiger partial charge on any atom is -0.390 e. The van der Waals surface area contributed by atoms with E-state index in [1.165, 1.54) is 186 Å². The molecule has 1 rings (SSSR count). The number of hydrogen-bond donors (Lipinski definition) is 7. The lowest BCUT2D eigenvalue weighted by molar-refractivity contribution is -0.296. The van der Waals surface area contributed by atoms with Crippen LogP contribution < -0.4 is 11.1 Å². The number of carbonyl (C=O) groups is 1. The third kappa shape index (κ3) is 30.3. The van der Waals surface area contributed by atoms with E-state index in [1.807, 2.05) is 0 Å². The molecule has 0 aromatic carbocycles. The number of amides is 1. The fraction of sp³-hybridized carbons (Fsp3) is 0.980. The Balaban J connectivity index is 2.26. The number of unbranched alkanes of at least 4 members (excludes halogenated alkanes) is 33. The van der Waals surface area contributed by atoms with Crippen LogP contribution in [0.15, 0.2) is 0 Å². The highest BCUT2D eigenvalue weighted by molar-refractivity contribution is 5.76. The lowest BCUT2D eigenvalue weighted by Gasteiger charge is -2.40. The lowest BCUT2D eigenvalue weighted by Crippen LogP contribution is -2.61. The first-order chi connectivity index (χ1) is 29.3. The summed E-state index contributed by atoms with van der Waals surface area (Å²) in [6, 6.07) is -0.953. The van der Waals surface area contributed by atoms with Crippen LogP contribution in [0.1, 0.15) is 251 Å². The molecule has 8 N–H and O–H groups in total. The van der Waals surface area contributed by atoms with E-state index in [-0.39, 0.29) is 19.1 Å². The van der Waals surface area contributed by atoms with Crippen LogP contribution >= 0.6 is 0 Å². The van der Waals surface area contributed by atoms with E-state index < -0.39 is 49.0 Å². The Labute approximate surface area is 369 Å². The van der Waals surface area contributed by atoms with Crippen molar-refractivity contribution in [3.63, 3.8) is 0 Å². The summed E-state index contributed by atoms with van der Waals surface area (Å²) in [5.74, 6) is -0.232. The molecule has 10 heteroatoms. The van der Waals surface area contributed by atoms with Gasteiger partial charge in [0.05, 0.1) is 18.8 Å². The first-order valence-electron chi connectivity index (χ1n) is 25.9. The Morgan fingerprint density at radius 1 is 0.533 bits per heavy atom. The predicted octanol–water partition coefficient (Wildman–Crippen LogP) is 10.4. The number of nitrogens with one attached hydrogen (secondary N) is 1. The molecule has 0 aromatic heterocycles. The van der Waals surface area contributed by atoms with Crippen molar-refractivity contribution in [1.82, 2.24) is 5.32 Å². The van der Waals surface area contributed by atoms with E-state index in [0.717, 1.165) is 38.5 Å². The van der Waals surface area contributed by atoms with E-state index >= 15 is 0 Å². The number of rotatable bonds is 44. The molecule has 0 aromatic rings. The Morgan fingerprint density at radius 3 is 1.25 bits per heavy atom. The SMILES string of the molecule is CCCCCCCCCCCCCCCCCCCCCCCCCC(=O)N[C@@H](CO[C@H]1O[C@H](CN)[C@H](O)[C@H](O)[C@H]1O)[C@H](O)[C@H](O)CCCCCCCCCCCCCC. The van der Waals surface area contributed by atoms with Crippen molar-refractivity contribution in [2.75, 3.05) is 13.2 Å². The van der Waals surface area contributed by atoms with Gasteiger partial charge < -0.3 is 46.1 Å². The molecule has 10 nitrogen and oxygen atoms in total. The van der Waals surface area contributed by atoms with Crippen LogP contribution in [0, 0.1) is 0 Å². The minimum atomic E-state index is -1.55. The smallest absolute Gasteiger partial charge is 0.220 e. The van der Waals surface area contributed by atoms with Crippen LogP contribution in [0.5, 0.6) is 0 Å². The van der Waals surface area contributed by atoms with Gasteiger partial charge in [-0.05, 0) is 12.8 Å². The first-order valence-corrected chi connectivity index (χ1v) is 25.9. The second-order valence-corrected chi connectivity index (χ2v) is 18.5. The van der Waals surface area contributed by atoms with Gasteiger partial charge in [0.25, 0.3) is 0 Å². The third-order valence-electron chi connectivity index (χ3n) is 12.9. The number of ether oxygens (including phenoxy) is 2. The average Bonchev–Trinajstić information content (AvgIpc) is 3.25. The monoisotopic (exact) mass is 857 g/mol. The minimum absolute atomic E-state index is 0.0923. The largest absolute Gasteiger partial charge is 0.390 e. The van der Waals surface area contributed by atoms with Crippen LogP contribution in [-0.4, -0.2) is 93.5 Å².